The molecule has 37 heavy (non-hydrogen) atoms. The summed E-state index contributed by atoms with van der Waals surface area (Å²) in [5.41, 5.74) is -0.0245. The van der Waals surface area contributed by atoms with Crippen molar-refractivity contribution in [2.24, 2.45) is 0 Å². The molecule has 1 atom stereocenters. The van der Waals surface area contributed by atoms with Crippen molar-refractivity contribution < 1.29 is 31.2 Å². The number of alkyl halides is 3. The third-order valence-electron chi connectivity index (χ3n) is 5.82. The van der Waals surface area contributed by atoms with Gasteiger partial charge >= 0.3 is 6.18 Å². The van der Waals surface area contributed by atoms with Gasteiger partial charge in [-0.05, 0) is 49.6 Å². The van der Waals surface area contributed by atoms with Crippen LogP contribution >= 0.6 is 11.6 Å². The molecular formula is C25H31ClF3N3O4S. The van der Waals surface area contributed by atoms with Gasteiger partial charge in [0.1, 0.15) is 12.6 Å². The normalized spacial score (nSPS) is 12.6. The number of hydrogen-bond acceptors (Lipinski definition) is 4. The van der Waals surface area contributed by atoms with E-state index >= 15 is 0 Å². The quantitative estimate of drug-likeness (QED) is 0.401. The standard InChI is InChI=1S/C25H31ClF3N3O4S/c1-5-6-13-30-24(34)18(3)31(15-19-10-8-7-9-17(19)2)23(33)16-32(37(4,35)36)22-14-20(25(27,28)29)11-12-21(22)26/h7-12,14,18H,5-6,13,15-16H2,1-4H3,(H,30,34). The molecule has 0 spiro atoms. The fourth-order valence-corrected chi connectivity index (χ4v) is 4.69. The number of nitrogens with one attached hydrogen (secondary N) is 1. The number of hydrogen-bond donors (Lipinski definition) is 1. The van der Waals surface area contributed by atoms with Crippen LogP contribution in [0.4, 0.5) is 18.9 Å². The van der Waals surface area contributed by atoms with E-state index in [1.54, 1.807) is 12.1 Å². The van der Waals surface area contributed by atoms with Crippen LogP contribution < -0.4 is 9.62 Å². The SMILES string of the molecule is CCCCNC(=O)C(C)N(Cc1ccccc1C)C(=O)CN(c1cc(C(F)(F)F)ccc1Cl)S(C)(=O)=O. The van der Waals surface area contributed by atoms with Crippen molar-refractivity contribution in [2.75, 3.05) is 23.7 Å². The van der Waals surface area contributed by atoms with Crippen LogP contribution in [-0.4, -0.2) is 50.5 Å². The molecule has 1 unspecified atom stereocenters. The number of sulfonamides is 1. The topological polar surface area (TPSA) is 86.8 Å². The maximum atomic E-state index is 13.5. The summed E-state index contributed by atoms with van der Waals surface area (Å²) in [4.78, 5) is 27.6. The van der Waals surface area contributed by atoms with Gasteiger partial charge in [-0.15, -0.1) is 0 Å². The lowest BCUT2D eigenvalue weighted by atomic mass is 10.1. The number of carbonyl (C=O) groups excluding carboxylic acids is 2. The van der Waals surface area contributed by atoms with Gasteiger partial charge in [0.05, 0.1) is 22.5 Å². The van der Waals surface area contributed by atoms with Gasteiger partial charge in [-0.2, -0.15) is 13.2 Å². The third-order valence-corrected chi connectivity index (χ3v) is 7.27. The van der Waals surface area contributed by atoms with Crippen molar-refractivity contribution in [2.45, 2.75) is 52.4 Å². The van der Waals surface area contributed by atoms with Crippen LogP contribution in [0, 0.1) is 6.92 Å². The van der Waals surface area contributed by atoms with Crippen molar-refractivity contribution in [1.29, 1.82) is 0 Å². The van der Waals surface area contributed by atoms with Gasteiger partial charge < -0.3 is 10.2 Å². The van der Waals surface area contributed by atoms with Crippen molar-refractivity contribution >= 4 is 39.1 Å². The molecule has 0 heterocycles. The van der Waals surface area contributed by atoms with E-state index < -0.39 is 51.9 Å². The zero-order valence-electron chi connectivity index (χ0n) is 21.1. The van der Waals surface area contributed by atoms with Gasteiger partial charge in [0, 0.05) is 13.1 Å². The largest absolute Gasteiger partial charge is 0.416 e. The van der Waals surface area contributed by atoms with E-state index in [0.29, 0.717) is 16.9 Å². The van der Waals surface area contributed by atoms with Gasteiger partial charge in [-0.1, -0.05) is 49.2 Å². The second kappa shape index (κ2) is 12.6. The number of unbranched alkanes of at least 4 members (excludes halogenated alkanes) is 1. The van der Waals surface area contributed by atoms with E-state index in [0.717, 1.165) is 42.4 Å². The maximum absolute atomic E-state index is 13.5. The number of halogens is 4. The number of anilines is 1. The minimum atomic E-state index is -4.76. The van der Waals surface area contributed by atoms with Crippen LogP contribution in [0.1, 0.15) is 43.4 Å². The Morgan fingerprint density at radius 2 is 1.78 bits per heavy atom. The summed E-state index contributed by atoms with van der Waals surface area (Å²) >= 11 is 6.08. The molecular weight excluding hydrogens is 531 g/mol. The Morgan fingerprint density at radius 3 is 2.35 bits per heavy atom. The van der Waals surface area contributed by atoms with Crippen molar-refractivity contribution in [3.63, 3.8) is 0 Å². The Morgan fingerprint density at radius 1 is 1.14 bits per heavy atom. The molecule has 0 aromatic heterocycles. The molecule has 2 aromatic carbocycles. The fraction of sp³-hybridized carbons (Fsp3) is 0.440. The lowest BCUT2D eigenvalue weighted by Crippen LogP contribution is -2.51. The fourth-order valence-electron chi connectivity index (χ4n) is 3.56. The van der Waals surface area contributed by atoms with Crippen LogP contribution in [-0.2, 0) is 32.3 Å². The van der Waals surface area contributed by atoms with E-state index in [2.05, 4.69) is 5.32 Å². The summed E-state index contributed by atoms with van der Waals surface area (Å²) in [6.07, 6.45) is -2.40. The van der Waals surface area contributed by atoms with Crippen LogP contribution in [0.3, 0.4) is 0 Å². The van der Waals surface area contributed by atoms with Gasteiger partial charge in [0.15, 0.2) is 0 Å². The predicted octanol–water partition coefficient (Wildman–Crippen LogP) is 4.77. The molecule has 0 fully saturated rings. The second-order valence-electron chi connectivity index (χ2n) is 8.70. The zero-order valence-corrected chi connectivity index (χ0v) is 22.7. The maximum Gasteiger partial charge on any atom is 0.416 e. The summed E-state index contributed by atoms with van der Waals surface area (Å²) in [6, 6.07) is 8.43. The molecule has 2 amide bonds. The third kappa shape index (κ3) is 8.36. The molecule has 1 N–H and O–H groups in total. The Bertz CT molecular complexity index is 1220. The van der Waals surface area contributed by atoms with Gasteiger partial charge in [-0.25, -0.2) is 8.42 Å². The van der Waals surface area contributed by atoms with Crippen LogP contribution in [0.2, 0.25) is 5.02 Å². The minimum absolute atomic E-state index is 0.0121. The number of carbonyl (C=O) groups is 2. The van der Waals surface area contributed by atoms with Crippen molar-refractivity contribution in [1.82, 2.24) is 10.2 Å². The van der Waals surface area contributed by atoms with Crippen LogP contribution in [0.15, 0.2) is 42.5 Å². The first-order chi connectivity index (χ1) is 17.2. The highest BCUT2D eigenvalue weighted by Gasteiger charge is 2.34. The molecule has 0 saturated heterocycles. The molecule has 0 aliphatic carbocycles. The molecule has 0 aliphatic heterocycles. The Hall–Kier alpha value is -2.79. The molecule has 0 bridgehead atoms. The Labute approximate surface area is 220 Å². The number of nitrogens with zero attached hydrogens (tertiary/aromatic N) is 2. The molecule has 12 heteroatoms. The summed E-state index contributed by atoms with van der Waals surface area (Å²) in [7, 11) is -4.24. The molecule has 7 nitrogen and oxygen atoms in total. The molecule has 0 aliphatic rings. The lowest BCUT2D eigenvalue weighted by molar-refractivity contribution is -0.139. The molecule has 204 valence electrons. The van der Waals surface area contributed by atoms with Crippen LogP contribution in [0.5, 0.6) is 0 Å². The second-order valence-corrected chi connectivity index (χ2v) is 11.0. The highest BCUT2D eigenvalue weighted by Crippen LogP contribution is 2.36. The lowest BCUT2D eigenvalue weighted by Gasteiger charge is -2.32. The molecule has 0 saturated carbocycles. The summed E-state index contributed by atoms with van der Waals surface area (Å²) in [5, 5.41) is 2.48. The first-order valence-corrected chi connectivity index (χ1v) is 13.9. The predicted molar refractivity (Wildman–Crippen MR) is 138 cm³/mol. The van der Waals surface area contributed by atoms with E-state index in [1.165, 1.54) is 11.8 Å². The smallest absolute Gasteiger partial charge is 0.354 e. The van der Waals surface area contributed by atoms with E-state index in [-0.39, 0.29) is 11.6 Å². The average Bonchev–Trinajstić information content (AvgIpc) is 2.80. The minimum Gasteiger partial charge on any atom is -0.354 e. The summed E-state index contributed by atoms with van der Waals surface area (Å²) in [6.45, 7) is 4.85. The van der Waals surface area contributed by atoms with Gasteiger partial charge in [0.2, 0.25) is 21.8 Å². The van der Waals surface area contributed by atoms with Gasteiger partial charge in [-0.3, -0.25) is 13.9 Å². The van der Waals surface area contributed by atoms with Crippen molar-refractivity contribution in [3.05, 3.63) is 64.2 Å². The number of aryl methyl sites for hydroxylation is 1. The summed E-state index contributed by atoms with van der Waals surface area (Å²) in [5.74, 6) is -1.21. The highest BCUT2D eigenvalue weighted by atomic mass is 35.5. The van der Waals surface area contributed by atoms with Gasteiger partial charge in [0.25, 0.3) is 0 Å². The van der Waals surface area contributed by atoms with E-state index in [9.17, 15) is 31.2 Å². The number of amides is 2. The highest BCUT2D eigenvalue weighted by molar-refractivity contribution is 7.92. The van der Waals surface area contributed by atoms with E-state index in [1.807, 2.05) is 26.0 Å². The molecule has 2 rings (SSSR count). The summed E-state index contributed by atoms with van der Waals surface area (Å²) < 4.78 is 65.8. The van der Waals surface area contributed by atoms with Crippen molar-refractivity contribution in [3.8, 4) is 0 Å². The number of rotatable bonds is 11. The Kier molecular flexibility index (Phi) is 10.4. The average molecular weight is 562 g/mol. The zero-order chi connectivity index (χ0) is 28.0. The van der Waals surface area contributed by atoms with Crippen LogP contribution in [0.25, 0.3) is 0 Å². The molecule has 0 radical (unpaired) electrons. The van der Waals surface area contributed by atoms with E-state index in [4.69, 9.17) is 11.6 Å². The molecule has 2 aromatic rings. The monoisotopic (exact) mass is 561 g/mol. The Balaban J connectivity index is 2.48. The first kappa shape index (κ1) is 30.4. The number of benzene rings is 2. The first-order valence-electron chi connectivity index (χ1n) is 11.6.